The van der Waals surface area contributed by atoms with Crippen LogP contribution in [0.15, 0.2) is 24.3 Å². The Hall–Kier alpha value is -0.530. The van der Waals surface area contributed by atoms with E-state index in [-0.39, 0.29) is 11.0 Å². The standard InChI is InChI=1S/C14H19ClO/c1-11-4-6-12(7-5-11)13(15)10-14(16-2)8-3-9-14/h4-7,13H,3,8-10H2,1-2H3. The number of benzene rings is 1. The molecule has 88 valence electrons. The average molecular weight is 239 g/mol. The largest absolute Gasteiger partial charge is 0.378 e. The van der Waals surface area contributed by atoms with Gasteiger partial charge in [0.25, 0.3) is 0 Å². The predicted molar refractivity (Wildman–Crippen MR) is 68.0 cm³/mol. The van der Waals surface area contributed by atoms with Crippen LogP contribution in [0.3, 0.4) is 0 Å². The topological polar surface area (TPSA) is 9.23 Å². The minimum Gasteiger partial charge on any atom is -0.378 e. The maximum absolute atomic E-state index is 6.45. The smallest absolute Gasteiger partial charge is 0.0696 e. The maximum atomic E-state index is 6.45. The van der Waals surface area contributed by atoms with E-state index in [0.717, 1.165) is 19.3 Å². The molecule has 2 heteroatoms. The monoisotopic (exact) mass is 238 g/mol. The van der Waals surface area contributed by atoms with Gasteiger partial charge in [0.1, 0.15) is 0 Å². The van der Waals surface area contributed by atoms with Crippen LogP contribution in [-0.4, -0.2) is 12.7 Å². The molecule has 2 rings (SSSR count). The van der Waals surface area contributed by atoms with Crippen molar-refractivity contribution in [2.45, 2.75) is 43.6 Å². The molecule has 0 amide bonds. The zero-order valence-electron chi connectivity index (χ0n) is 10.0. The number of hydrogen-bond acceptors (Lipinski definition) is 1. The summed E-state index contributed by atoms with van der Waals surface area (Å²) in [5, 5.41) is 0.0702. The summed E-state index contributed by atoms with van der Waals surface area (Å²) in [6, 6.07) is 8.47. The van der Waals surface area contributed by atoms with Gasteiger partial charge in [-0.15, -0.1) is 11.6 Å². The molecule has 1 aromatic carbocycles. The van der Waals surface area contributed by atoms with Gasteiger partial charge in [0, 0.05) is 7.11 Å². The molecule has 1 aromatic rings. The third-order valence-electron chi connectivity index (χ3n) is 3.69. The van der Waals surface area contributed by atoms with Crippen LogP contribution in [0.25, 0.3) is 0 Å². The van der Waals surface area contributed by atoms with Gasteiger partial charge in [0.2, 0.25) is 0 Å². The van der Waals surface area contributed by atoms with Crippen LogP contribution in [-0.2, 0) is 4.74 Å². The summed E-state index contributed by atoms with van der Waals surface area (Å²) in [6.07, 6.45) is 4.50. The molecule has 0 N–H and O–H groups in total. The number of hydrogen-bond donors (Lipinski definition) is 0. The summed E-state index contributed by atoms with van der Waals surface area (Å²) in [6.45, 7) is 2.09. The average Bonchev–Trinajstić information content (AvgIpc) is 2.24. The first-order chi connectivity index (χ1) is 7.65. The first kappa shape index (κ1) is 11.9. The van der Waals surface area contributed by atoms with E-state index < -0.39 is 0 Å². The first-order valence-corrected chi connectivity index (χ1v) is 6.35. The number of halogens is 1. The number of rotatable bonds is 4. The molecule has 0 heterocycles. The van der Waals surface area contributed by atoms with Crippen molar-refractivity contribution in [1.82, 2.24) is 0 Å². The van der Waals surface area contributed by atoms with E-state index in [4.69, 9.17) is 16.3 Å². The molecule has 1 nitrogen and oxygen atoms in total. The second-order valence-electron chi connectivity index (χ2n) is 4.82. The van der Waals surface area contributed by atoms with Gasteiger partial charge in [0.05, 0.1) is 11.0 Å². The van der Waals surface area contributed by atoms with Crippen molar-refractivity contribution in [1.29, 1.82) is 0 Å². The van der Waals surface area contributed by atoms with Crippen LogP contribution in [0.5, 0.6) is 0 Å². The highest BCUT2D eigenvalue weighted by Gasteiger charge is 2.38. The zero-order chi connectivity index (χ0) is 11.6. The van der Waals surface area contributed by atoms with Gasteiger partial charge >= 0.3 is 0 Å². The second kappa shape index (κ2) is 4.77. The Morgan fingerprint density at radius 3 is 2.38 bits per heavy atom. The van der Waals surface area contributed by atoms with Gasteiger partial charge in [0.15, 0.2) is 0 Å². The van der Waals surface area contributed by atoms with Crippen molar-refractivity contribution < 1.29 is 4.74 Å². The molecule has 0 radical (unpaired) electrons. The van der Waals surface area contributed by atoms with E-state index in [1.807, 2.05) is 0 Å². The Morgan fingerprint density at radius 2 is 1.94 bits per heavy atom. The molecule has 1 atom stereocenters. The Morgan fingerprint density at radius 1 is 1.31 bits per heavy atom. The van der Waals surface area contributed by atoms with Crippen LogP contribution in [0.2, 0.25) is 0 Å². The molecule has 0 aliphatic heterocycles. The Labute approximate surface area is 103 Å². The third kappa shape index (κ3) is 2.41. The van der Waals surface area contributed by atoms with Crippen LogP contribution >= 0.6 is 11.6 Å². The lowest BCUT2D eigenvalue weighted by molar-refractivity contribution is -0.0780. The van der Waals surface area contributed by atoms with E-state index in [1.165, 1.54) is 17.5 Å². The van der Waals surface area contributed by atoms with Gasteiger partial charge < -0.3 is 4.74 Å². The fraction of sp³-hybridized carbons (Fsp3) is 0.571. The SMILES string of the molecule is COC1(CC(Cl)c2ccc(C)cc2)CCC1. The second-order valence-corrected chi connectivity index (χ2v) is 5.35. The molecule has 1 fully saturated rings. The molecule has 0 saturated heterocycles. The van der Waals surface area contributed by atoms with E-state index in [0.29, 0.717) is 0 Å². The van der Waals surface area contributed by atoms with E-state index >= 15 is 0 Å². The Balaban J connectivity index is 2.02. The first-order valence-electron chi connectivity index (χ1n) is 5.91. The lowest BCUT2D eigenvalue weighted by atomic mass is 9.76. The predicted octanol–water partition coefficient (Wildman–Crippen LogP) is 4.23. The number of aryl methyl sites for hydroxylation is 1. The van der Waals surface area contributed by atoms with Gasteiger partial charge in [-0.05, 0) is 38.2 Å². The Kier molecular flexibility index (Phi) is 3.56. The summed E-state index contributed by atoms with van der Waals surface area (Å²) in [5.74, 6) is 0. The van der Waals surface area contributed by atoms with Gasteiger partial charge in [-0.1, -0.05) is 29.8 Å². The molecular weight excluding hydrogens is 220 g/mol. The summed E-state index contributed by atoms with van der Waals surface area (Å²) in [4.78, 5) is 0. The molecular formula is C14H19ClO. The van der Waals surface area contributed by atoms with Gasteiger partial charge in [-0.3, -0.25) is 0 Å². The molecule has 0 bridgehead atoms. The molecule has 1 aliphatic rings. The number of ether oxygens (including phenoxy) is 1. The van der Waals surface area contributed by atoms with E-state index in [9.17, 15) is 0 Å². The third-order valence-corrected chi connectivity index (χ3v) is 4.09. The molecule has 16 heavy (non-hydrogen) atoms. The van der Waals surface area contributed by atoms with Crippen LogP contribution in [0, 0.1) is 6.92 Å². The summed E-state index contributed by atoms with van der Waals surface area (Å²) >= 11 is 6.45. The van der Waals surface area contributed by atoms with E-state index in [2.05, 4.69) is 31.2 Å². The summed E-state index contributed by atoms with van der Waals surface area (Å²) < 4.78 is 5.61. The highest BCUT2D eigenvalue weighted by molar-refractivity contribution is 6.20. The fourth-order valence-electron chi connectivity index (χ4n) is 2.28. The normalized spacial score (nSPS) is 20.2. The molecule has 0 spiro atoms. The number of alkyl halides is 1. The zero-order valence-corrected chi connectivity index (χ0v) is 10.8. The lowest BCUT2D eigenvalue weighted by Crippen LogP contribution is -2.39. The number of methoxy groups -OCH3 is 1. The molecule has 1 aliphatic carbocycles. The van der Waals surface area contributed by atoms with E-state index in [1.54, 1.807) is 7.11 Å². The highest BCUT2D eigenvalue weighted by atomic mass is 35.5. The van der Waals surface area contributed by atoms with Crippen molar-refractivity contribution in [3.05, 3.63) is 35.4 Å². The maximum Gasteiger partial charge on any atom is 0.0696 e. The fourth-order valence-corrected chi connectivity index (χ4v) is 2.71. The summed E-state index contributed by atoms with van der Waals surface area (Å²) in [7, 11) is 1.80. The van der Waals surface area contributed by atoms with Gasteiger partial charge in [-0.2, -0.15) is 0 Å². The van der Waals surface area contributed by atoms with Crippen molar-refractivity contribution >= 4 is 11.6 Å². The van der Waals surface area contributed by atoms with Crippen molar-refractivity contribution in [3.8, 4) is 0 Å². The van der Waals surface area contributed by atoms with Crippen molar-refractivity contribution in [3.63, 3.8) is 0 Å². The van der Waals surface area contributed by atoms with Crippen LogP contribution in [0.4, 0.5) is 0 Å². The van der Waals surface area contributed by atoms with Crippen LogP contribution < -0.4 is 0 Å². The molecule has 0 aromatic heterocycles. The van der Waals surface area contributed by atoms with Crippen molar-refractivity contribution in [2.75, 3.05) is 7.11 Å². The minimum atomic E-state index is 0.0529. The minimum absolute atomic E-state index is 0.0529. The quantitative estimate of drug-likeness (QED) is 0.714. The molecule has 1 saturated carbocycles. The van der Waals surface area contributed by atoms with Crippen LogP contribution in [0.1, 0.15) is 42.2 Å². The Bertz CT molecular complexity index is 335. The highest BCUT2D eigenvalue weighted by Crippen LogP contribution is 2.43. The summed E-state index contributed by atoms with van der Waals surface area (Å²) in [5.41, 5.74) is 2.53. The van der Waals surface area contributed by atoms with Gasteiger partial charge in [-0.25, -0.2) is 0 Å². The van der Waals surface area contributed by atoms with Crippen molar-refractivity contribution in [2.24, 2.45) is 0 Å². The molecule has 1 unspecified atom stereocenters. The lowest BCUT2D eigenvalue weighted by Gasteiger charge is -2.41.